The van der Waals surface area contributed by atoms with Crippen LogP contribution in [0.3, 0.4) is 0 Å². The van der Waals surface area contributed by atoms with Gasteiger partial charge in [-0.2, -0.15) is 0 Å². The predicted molar refractivity (Wildman–Crippen MR) is 78.2 cm³/mol. The summed E-state index contributed by atoms with van der Waals surface area (Å²) in [6.07, 6.45) is 3.76. The van der Waals surface area contributed by atoms with Gasteiger partial charge in [-0.15, -0.1) is 5.10 Å². The highest BCUT2D eigenvalue weighted by Crippen LogP contribution is 2.31. The van der Waals surface area contributed by atoms with Crippen LogP contribution >= 0.6 is 0 Å². The first-order valence-electron chi connectivity index (χ1n) is 7.30. The number of nitrogens with two attached hydrogens (primary N) is 1. The number of hydrogen-bond acceptors (Lipinski definition) is 5. The number of benzene rings is 1. The zero-order chi connectivity index (χ0) is 14.7. The summed E-state index contributed by atoms with van der Waals surface area (Å²) in [4.78, 5) is 0. The molecule has 1 aliphatic heterocycles. The molecule has 0 fully saturated rings. The van der Waals surface area contributed by atoms with Crippen molar-refractivity contribution in [3.8, 4) is 11.5 Å². The van der Waals surface area contributed by atoms with Crippen molar-refractivity contribution in [1.29, 1.82) is 0 Å². The Kier molecular flexibility index (Phi) is 4.06. The van der Waals surface area contributed by atoms with Crippen molar-refractivity contribution in [2.45, 2.75) is 38.5 Å². The summed E-state index contributed by atoms with van der Waals surface area (Å²) in [6.45, 7) is 3.21. The second-order valence-electron chi connectivity index (χ2n) is 5.26. The van der Waals surface area contributed by atoms with Crippen molar-refractivity contribution < 1.29 is 9.47 Å². The van der Waals surface area contributed by atoms with Gasteiger partial charge in [-0.3, -0.25) is 0 Å². The molecule has 0 bridgehead atoms. The van der Waals surface area contributed by atoms with E-state index in [1.807, 2.05) is 30.5 Å². The van der Waals surface area contributed by atoms with Crippen LogP contribution in [0.4, 0.5) is 0 Å². The van der Waals surface area contributed by atoms with Gasteiger partial charge in [-0.1, -0.05) is 30.7 Å². The lowest BCUT2D eigenvalue weighted by Gasteiger charge is -2.26. The number of hydrogen-bond donors (Lipinski definition) is 1. The number of para-hydroxylation sites is 2. The molecule has 0 aliphatic carbocycles. The molecule has 112 valence electrons. The van der Waals surface area contributed by atoms with Crippen molar-refractivity contribution in [3.63, 3.8) is 0 Å². The molecule has 2 aromatic rings. The molecule has 1 aromatic heterocycles. The average Bonchev–Trinajstić information content (AvgIpc) is 2.96. The Morgan fingerprint density at radius 2 is 2.19 bits per heavy atom. The van der Waals surface area contributed by atoms with Crippen LogP contribution in [0, 0.1) is 0 Å². The molecule has 6 heteroatoms. The van der Waals surface area contributed by atoms with Gasteiger partial charge < -0.3 is 15.2 Å². The van der Waals surface area contributed by atoms with Crippen LogP contribution < -0.4 is 15.2 Å². The number of nitrogens with zero attached hydrogens (tertiary/aromatic N) is 3. The second kappa shape index (κ2) is 6.13. The van der Waals surface area contributed by atoms with E-state index in [0.717, 1.165) is 30.0 Å². The summed E-state index contributed by atoms with van der Waals surface area (Å²) < 4.78 is 13.4. The van der Waals surface area contributed by atoms with Crippen LogP contribution in [0.5, 0.6) is 11.5 Å². The number of rotatable bonds is 5. The molecule has 21 heavy (non-hydrogen) atoms. The summed E-state index contributed by atoms with van der Waals surface area (Å²) in [5.41, 5.74) is 6.87. The van der Waals surface area contributed by atoms with E-state index in [1.165, 1.54) is 0 Å². The van der Waals surface area contributed by atoms with Gasteiger partial charge >= 0.3 is 0 Å². The Labute approximate surface area is 123 Å². The van der Waals surface area contributed by atoms with Gasteiger partial charge in [0.05, 0.1) is 24.5 Å². The summed E-state index contributed by atoms with van der Waals surface area (Å²) in [5.74, 6) is 1.56. The molecule has 0 saturated heterocycles. The van der Waals surface area contributed by atoms with Crippen LogP contribution in [0.25, 0.3) is 0 Å². The lowest BCUT2D eigenvalue weighted by atomic mass is 10.1. The Morgan fingerprint density at radius 3 is 3.00 bits per heavy atom. The Morgan fingerprint density at radius 1 is 1.38 bits per heavy atom. The molecule has 1 aromatic carbocycles. The molecular formula is C15H20N4O2. The molecular weight excluding hydrogens is 268 g/mol. The van der Waals surface area contributed by atoms with Gasteiger partial charge in [0.15, 0.2) is 17.6 Å². The summed E-state index contributed by atoms with van der Waals surface area (Å²) >= 11 is 0. The van der Waals surface area contributed by atoms with Crippen LogP contribution in [0.1, 0.15) is 31.5 Å². The first kappa shape index (κ1) is 13.9. The quantitative estimate of drug-likeness (QED) is 0.909. The second-order valence-corrected chi connectivity index (χ2v) is 5.26. The standard InChI is InChI=1S/C15H20N4O2/c1-2-5-12(16)13-9-19(18-17-13)8-11-10-20-14-6-3-4-7-15(14)21-11/h3-4,6-7,9,11-12H,2,5,8,10,16H2,1H3. The molecule has 2 N–H and O–H groups in total. The zero-order valence-corrected chi connectivity index (χ0v) is 12.1. The van der Waals surface area contributed by atoms with E-state index < -0.39 is 0 Å². The van der Waals surface area contributed by atoms with Gasteiger partial charge in [-0.05, 0) is 18.6 Å². The molecule has 0 spiro atoms. The third kappa shape index (κ3) is 3.16. The minimum Gasteiger partial charge on any atom is -0.486 e. The van der Waals surface area contributed by atoms with Gasteiger partial charge in [-0.25, -0.2) is 4.68 Å². The minimum atomic E-state index is -0.0724. The van der Waals surface area contributed by atoms with Gasteiger partial charge in [0.25, 0.3) is 0 Å². The average molecular weight is 288 g/mol. The monoisotopic (exact) mass is 288 g/mol. The number of fused-ring (bicyclic) bond motifs is 1. The fourth-order valence-electron chi connectivity index (χ4n) is 2.39. The maximum atomic E-state index is 6.04. The van der Waals surface area contributed by atoms with Crippen molar-refractivity contribution in [2.75, 3.05) is 6.61 Å². The number of aromatic nitrogens is 3. The third-order valence-electron chi connectivity index (χ3n) is 3.49. The predicted octanol–water partition coefficient (Wildman–Crippen LogP) is 1.92. The van der Waals surface area contributed by atoms with Crippen LogP contribution in [0.15, 0.2) is 30.5 Å². The van der Waals surface area contributed by atoms with E-state index in [4.69, 9.17) is 15.2 Å². The highest BCUT2D eigenvalue weighted by atomic mass is 16.6. The van der Waals surface area contributed by atoms with Crippen molar-refractivity contribution in [1.82, 2.24) is 15.0 Å². The first-order valence-corrected chi connectivity index (χ1v) is 7.30. The normalized spacial score (nSPS) is 18.5. The maximum absolute atomic E-state index is 6.04. The molecule has 2 heterocycles. The molecule has 0 amide bonds. The summed E-state index contributed by atoms with van der Waals surface area (Å²) in [5, 5.41) is 8.26. The van der Waals surface area contributed by atoms with Crippen molar-refractivity contribution >= 4 is 0 Å². The summed E-state index contributed by atoms with van der Waals surface area (Å²) in [7, 11) is 0. The fourth-order valence-corrected chi connectivity index (χ4v) is 2.39. The molecule has 0 radical (unpaired) electrons. The molecule has 0 saturated carbocycles. The van der Waals surface area contributed by atoms with E-state index in [-0.39, 0.29) is 12.1 Å². The molecule has 1 aliphatic rings. The van der Waals surface area contributed by atoms with E-state index in [2.05, 4.69) is 17.2 Å². The van der Waals surface area contributed by atoms with E-state index in [9.17, 15) is 0 Å². The van der Waals surface area contributed by atoms with E-state index in [0.29, 0.717) is 13.2 Å². The summed E-state index contributed by atoms with van der Waals surface area (Å²) in [6, 6.07) is 7.63. The highest BCUT2D eigenvalue weighted by molar-refractivity contribution is 5.40. The molecule has 2 unspecified atom stereocenters. The van der Waals surface area contributed by atoms with Crippen LogP contribution in [-0.2, 0) is 6.54 Å². The van der Waals surface area contributed by atoms with Crippen molar-refractivity contribution in [2.24, 2.45) is 5.73 Å². The smallest absolute Gasteiger partial charge is 0.161 e. The number of ether oxygens (including phenoxy) is 2. The lowest BCUT2D eigenvalue weighted by Crippen LogP contribution is -2.33. The fraction of sp³-hybridized carbons (Fsp3) is 0.467. The van der Waals surface area contributed by atoms with Gasteiger partial charge in [0.1, 0.15) is 6.61 Å². The first-order chi connectivity index (χ1) is 10.3. The maximum Gasteiger partial charge on any atom is 0.161 e. The van der Waals surface area contributed by atoms with Gasteiger partial charge in [0, 0.05) is 0 Å². The van der Waals surface area contributed by atoms with Crippen LogP contribution in [0.2, 0.25) is 0 Å². The van der Waals surface area contributed by atoms with Gasteiger partial charge in [0.2, 0.25) is 0 Å². The Bertz CT molecular complexity index is 599. The SMILES string of the molecule is CCCC(N)c1cn(CC2COc3ccccc3O2)nn1. The molecule has 3 rings (SSSR count). The zero-order valence-electron chi connectivity index (χ0n) is 12.1. The van der Waals surface area contributed by atoms with Crippen molar-refractivity contribution in [3.05, 3.63) is 36.2 Å². The lowest BCUT2D eigenvalue weighted by molar-refractivity contribution is 0.0754. The third-order valence-corrected chi connectivity index (χ3v) is 3.49. The Hall–Kier alpha value is -2.08. The minimum absolute atomic E-state index is 0.0481. The van der Waals surface area contributed by atoms with E-state index in [1.54, 1.807) is 4.68 Å². The highest BCUT2D eigenvalue weighted by Gasteiger charge is 2.21. The largest absolute Gasteiger partial charge is 0.486 e. The van der Waals surface area contributed by atoms with E-state index >= 15 is 0 Å². The van der Waals surface area contributed by atoms with Crippen LogP contribution in [-0.4, -0.2) is 27.7 Å². The molecule has 6 nitrogen and oxygen atoms in total. The Balaban J connectivity index is 1.63. The topological polar surface area (TPSA) is 75.2 Å². The molecule has 2 atom stereocenters.